The van der Waals surface area contributed by atoms with Crippen molar-refractivity contribution in [3.63, 3.8) is 0 Å². The standard InChI is InChI=1S/C8H10N2O3/c1-4(11)8(9)5-2-6(12)10-7(13)3-5/h2-3,8H,9H2,1H3,(H2,10,12,13). The van der Waals surface area contributed by atoms with E-state index in [1.807, 2.05) is 0 Å². The Labute approximate surface area is 74.2 Å². The minimum atomic E-state index is -0.854. The minimum absolute atomic E-state index is 0.259. The van der Waals surface area contributed by atoms with Crippen molar-refractivity contribution < 1.29 is 9.90 Å². The number of rotatable bonds is 2. The molecule has 0 saturated carbocycles. The fraction of sp³-hybridized carbons (Fsp3) is 0.250. The van der Waals surface area contributed by atoms with E-state index < -0.39 is 11.6 Å². The molecule has 0 aliphatic carbocycles. The molecule has 1 heterocycles. The van der Waals surface area contributed by atoms with Gasteiger partial charge in [0.15, 0.2) is 11.7 Å². The summed E-state index contributed by atoms with van der Waals surface area (Å²) in [5, 5.41) is 9.00. The molecule has 0 saturated heterocycles. The van der Waals surface area contributed by atoms with Crippen LogP contribution in [0, 0.1) is 0 Å². The highest BCUT2D eigenvalue weighted by Gasteiger charge is 2.12. The number of aromatic hydroxyl groups is 1. The summed E-state index contributed by atoms with van der Waals surface area (Å²) in [6.07, 6.45) is 0. The molecule has 70 valence electrons. The topological polar surface area (TPSA) is 96.2 Å². The van der Waals surface area contributed by atoms with E-state index in [2.05, 4.69) is 4.98 Å². The Morgan fingerprint density at radius 1 is 1.62 bits per heavy atom. The van der Waals surface area contributed by atoms with Gasteiger partial charge in [-0.1, -0.05) is 0 Å². The van der Waals surface area contributed by atoms with Crippen LogP contribution in [0.5, 0.6) is 5.88 Å². The first-order chi connectivity index (χ1) is 6.00. The lowest BCUT2D eigenvalue weighted by molar-refractivity contribution is -0.118. The molecule has 1 atom stereocenters. The maximum Gasteiger partial charge on any atom is 0.251 e. The zero-order valence-corrected chi connectivity index (χ0v) is 7.07. The lowest BCUT2D eigenvalue weighted by atomic mass is 10.1. The summed E-state index contributed by atoms with van der Waals surface area (Å²) < 4.78 is 0. The zero-order valence-electron chi connectivity index (χ0n) is 7.07. The SMILES string of the molecule is CC(=O)C(N)c1cc(O)[nH]c(=O)c1. The summed E-state index contributed by atoms with van der Waals surface area (Å²) in [6, 6.07) is 1.59. The largest absolute Gasteiger partial charge is 0.495 e. The fourth-order valence-corrected chi connectivity index (χ4v) is 0.964. The maximum absolute atomic E-state index is 10.9. The van der Waals surface area contributed by atoms with Crippen LogP contribution < -0.4 is 11.3 Å². The van der Waals surface area contributed by atoms with Gasteiger partial charge in [-0.05, 0) is 12.5 Å². The summed E-state index contributed by atoms with van der Waals surface area (Å²) in [5.74, 6) is -0.552. The summed E-state index contributed by atoms with van der Waals surface area (Å²) >= 11 is 0. The molecule has 0 aliphatic rings. The average Bonchev–Trinajstić information content (AvgIpc) is 2.01. The van der Waals surface area contributed by atoms with Gasteiger partial charge in [0, 0.05) is 12.1 Å². The van der Waals surface area contributed by atoms with E-state index in [4.69, 9.17) is 10.8 Å². The number of pyridine rings is 1. The first kappa shape index (κ1) is 9.47. The molecule has 0 radical (unpaired) electrons. The Hall–Kier alpha value is -1.62. The molecule has 1 aromatic heterocycles. The van der Waals surface area contributed by atoms with Crippen LogP contribution in [0.4, 0.5) is 0 Å². The third kappa shape index (κ3) is 2.16. The number of nitrogens with two attached hydrogens (primary N) is 1. The molecule has 0 aliphatic heterocycles. The van der Waals surface area contributed by atoms with Crippen LogP contribution in [-0.4, -0.2) is 15.9 Å². The van der Waals surface area contributed by atoms with Crippen molar-refractivity contribution >= 4 is 5.78 Å². The molecule has 1 unspecified atom stereocenters. The van der Waals surface area contributed by atoms with Gasteiger partial charge in [0.2, 0.25) is 0 Å². The summed E-state index contributed by atoms with van der Waals surface area (Å²) in [6.45, 7) is 1.32. The molecule has 1 rings (SSSR count). The molecule has 0 amide bonds. The lowest BCUT2D eigenvalue weighted by Crippen LogP contribution is -2.20. The quantitative estimate of drug-likeness (QED) is 0.583. The normalized spacial score (nSPS) is 12.5. The van der Waals surface area contributed by atoms with Gasteiger partial charge in [-0.25, -0.2) is 0 Å². The van der Waals surface area contributed by atoms with Gasteiger partial charge in [-0.2, -0.15) is 0 Å². The second-order valence-electron chi connectivity index (χ2n) is 2.75. The van der Waals surface area contributed by atoms with E-state index in [0.717, 1.165) is 0 Å². The number of ketones is 1. The van der Waals surface area contributed by atoms with Gasteiger partial charge in [0.05, 0.1) is 6.04 Å². The summed E-state index contributed by atoms with van der Waals surface area (Å²) in [4.78, 5) is 23.8. The molecule has 0 fully saturated rings. The molecule has 0 bridgehead atoms. The van der Waals surface area contributed by atoms with Gasteiger partial charge in [0.1, 0.15) is 0 Å². The fourth-order valence-electron chi connectivity index (χ4n) is 0.964. The third-order valence-corrected chi connectivity index (χ3v) is 1.65. The van der Waals surface area contributed by atoms with Crippen LogP contribution in [0.25, 0.3) is 0 Å². The van der Waals surface area contributed by atoms with E-state index in [9.17, 15) is 9.59 Å². The van der Waals surface area contributed by atoms with Crippen molar-refractivity contribution in [1.82, 2.24) is 4.98 Å². The monoisotopic (exact) mass is 182 g/mol. The van der Waals surface area contributed by atoms with Gasteiger partial charge in [0.25, 0.3) is 5.56 Å². The molecule has 1 aromatic rings. The van der Waals surface area contributed by atoms with E-state index in [-0.39, 0.29) is 11.7 Å². The van der Waals surface area contributed by atoms with Crippen LogP contribution >= 0.6 is 0 Å². The van der Waals surface area contributed by atoms with Crippen molar-refractivity contribution in [3.05, 3.63) is 28.0 Å². The number of Topliss-reactive ketones (excluding diaryl/α,β-unsaturated/α-hetero) is 1. The first-order valence-electron chi connectivity index (χ1n) is 3.70. The van der Waals surface area contributed by atoms with Crippen molar-refractivity contribution in [1.29, 1.82) is 0 Å². The highest BCUT2D eigenvalue weighted by molar-refractivity contribution is 5.82. The van der Waals surface area contributed by atoms with Crippen LogP contribution in [0.2, 0.25) is 0 Å². The predicted molar refractivity (Wildman–Crippen MR) is 46.3 cm³/mol. The third-order valence-electron chi connectivity index (χ3n) is 1.65. The average molecular weight is 182 g/mol. The molecular formula is C8H10N2O3. The van der Waals surface area contributed by atoms with Crippen LogP contribution in [-0.2, 0) is 4.79 Å². The molecule has 5 nitrogen and oxygen atoms in total. The number of hydrogen-bond acceptors (Lipinski definition) is 4. The van der Waals surface area contributed by atoms with Crippen LogP contribution in [0.15, 0.2) is 16.9 Å². The highest BCUT2D eigenvalue weighted by Crippen LogP contribution is 2.12. The predicted octanol–water partition coefficient (Wildman–Crippen LogP) is -0.331. The number of nitrogens with one attached hydrogen (secondary N) is 1. The van der Waals surface area contributed by atoms with Crippen molar-refractivity contribution in [2.24, 2.45) is 5.73 Å². The number of carbonyl (C=O) groups is 1. The summed E-state index contributed by atoms with van der Waals surface area (Å²) in [7, 11) is 0. The van der Waals surface area contributed by atoms with Crippen molar-refractivity contribution in [2.45, 2.75) is 13.0 Å². The molecule has 5 heteroatoms. The maximum atomic E-state index is 10.9. The zero-order chi connectivity index (χ0) is 10.0. The number of H-pyrrole nitrogens is 1. The molecule has 0 spiro atoms. The molecular weight excluding hydrogens is 172 g/mol. The Morgan fingerprint density at radius 2 is 2.23 bits per heavy atom. The van der Waals surface area contributed by atoms with Crippen LogP contribution in [0.1, 0.15) is 18.5 Å². The summed E-state index contributed by atoms with van der Waals surface area (Å²) in [5.41, 5.74) is 5.30. The number of hydrogen-bond donors (Lipinski definition) is 3. The van der Waals surface area contributed by atoms with E-state index in [1.54, 1.807) is 0 Å². The highest BCUT2D eigenvalue weighted by atomic mass is 16.3. The Kier molecular flexibility index (Phi) is 2.48. The van der Waals surface area contributed by atoms with Crippen LogP contribution in [0.3, 0.4) is 0 Å². The van der Waals surface area contributed by atoms with Gasteiger partial charge in [-0.3, -0.25) is 14.6 Å². The second kappa shape index (κ2) is 3.40. The first-order valence-corrected chi connectivity index (χ1v) is 3.70. The van der Waals surface area contributed by atoms with Crippen molar-refractivity contribution in [3.8, 4) is 5.88 Å². The van der Waals surface area contributed by atoms with Crippen molar-refractivity contribution in [2.75, 3.05) is 0 Å². The van der Waals surface area contributed by atoms with Gasteiger partial charge in [-0.15, -0.1) is 0 Å². The second-order valence-corrected chi connectivity index (χ2v) is 2.75. The number of carbonyl (C=O) groups excluding carboxylic acids is 1. The molecule has 4 N–H and O–H groups in total. The Morgan fingerprint density at radius 3 is 2.69 bits per heavy atom. The number of aromatic nitrogens is 1. The van der Waals surface area contributed by atoms with E-state index in [0.29, 0.717) is 5.56 Å². The Bertz CT molecular complexity index is 383. The Balaban J connectivity index is 3.15. The molecule has 0 aromatic carbocycles. The minimum Gasteiger partial charge on any atom is -0.495 e. The van der Waals surface area contributed by atoms with Gasteiger partial charge >= 0.3 is 0 Å². The molecule has 13 heavy (non-hydrogen) atoms. The van der Waals surface area contributed by atoms with E-state index in [1.165, 1.54) is 19.1 Å². The van der Waals surface area contributed by atoms with Gasteiger partial charge < -0.3 is 10.8 Å². The smallest absolute Gasteiger partial charge is 0.251 e. The number of aromatic amines is 1. The lowest BCUT2D eigenvalue weighted by Gasteiger charge is -2.06. The van der Waals surface area contributed by atoms with E-state index >= 15 is 0 Å².